The van der Waals surface area contributed by atoms with E-state index in [0.29, 0.717) is 0 Å². The molecule has 0 aromatic rings. The molecule has 28 N–H and O–H groups in total. The van der Waals surface area contributed by atoms with Crippen molar-refractivity contribution in [3.05, 3.63) is 0 Å². The molecule has 4 aliphatic rings. The zero-order valence-electron chi connectivity index (χ0n) is 53.8. The Morgan fingerprint density at radius 2 is 0.510 bits per heavy atom. The Labute approximate surface area is 596 Å². The quantitative estimate of drug-likeness (QED) is 0.0154. The molecule has 4 aliphatic heterocycles. The Balaban J connectivity index is 0.000000681. The second-order valence-corrected chi connectivity index (χ2v) is 36.5. The van der Waals surface area contributed by atoms with Crippen molar-refractivity contribution >= 4 is 85.2 Å². The van der Waals surface area contributed by atoms with Gasteiger partial charge in [0.2, 0.25) is 41.6 Å². The van der Waals surface area contributed by atoms with Gasteiger partial charge in [-0.15, -0.1) is 0 Å². The van der Waals surface area contributed by atoms with E-state index in [1.807, 2.05) is 0 Å². The van der Waals surface area contributed by atoms with Crippen LogP contribution in [0.4, 0.5) is 0 Å². The number of methoxy groups -OCH3 is 2. The van der Waals surface area contributed by atoms with E-state index in [9.17, 15) is 174 Å². The molecule has 4 fully saturated rings. The van der Waals surface area contributed by atoms with Crippen LogP contribution in [0.25, 0.3) is 0 Å². The second-order valence-electron chi connectivity index (χ2n) is 23.1. The normalized spacial score (nSPS) is 32.6. The minimum Gasteiger partial charge on any atom is -0.726 e. The highest BCUT2D eigenvalue weighted by molar-refractivity contribution is 7.98. The van der Waals surface area contributed by atoms with Crippen molar-refractivity contribution in [1.82, 2.24) is 0 Å². The van der Waals surface area contributed by atoms with Crippen LogP contribution in [0.2, 0.25) is 0 Å². The van der Waals surface area contributed by atoms with Crippen LogP contribution >= 0.6 is 0 Å². The summed E-state index contributed by atoms with van der Waals surface area (Å²) in [6, 6.07) is 0. The highest BCUT2D eigenvalue weighted by atomic mass is 32.3. The van der Waals surface area contributed by atoms with Gasteiger partial charge in [-0.25, -0.2) is 33.7 Å². The van der Waals surface area contributed by atoms with E-state index in [2.05, 4.69) is 16.7 Å². The third kappa shape index (κ3) is 31.5. The van der Waals surface area contributed by atoms with Crippen LogP contribution in [-0.2, 0) is 111 Å². The van der Waals surface area contributed by atoms with Gasteiger partial charge in [-0.1, -0.05) is 0 Å². The molecule has 4 saturated heterocycles. The lowest BCUT2D eigenvalue weighted by molar-refractivity contribution is -0.134. The first-order valence-corrected chi connectivity index (χ1v) is 41.5. The monoisotopic (exact) mass is 1660 g/mol. The molecule has 4 heterocycles. The van der Waals surface area contributed by atoms with Gasteiger partial charge >= 0.3 is 0 Å². The fourth-order valence-corrected chi connectivity index (χ4v) is 23.5. The van der Waals surface area contributed by atoms with Crippen LogP contribution in [0.1, 0.15) is 0 Å². The first kappa shape index (κ1) is 99.7. The molecule has 4 rings (SSSR count). The molecule has 54 heteroatoms. The molecule has 0 aromatic heterocycles. The van der Waals surface area contributed by atoms with Crippen LogP contribution in [0.15, 0.2) is 0 Å². The molecular formula is C48H96O46S8. The van der Waals surface area contributed by atoms with Gasteiger partial charge in [0.25, 0.3) is 0 Å². The number of ether oxygens (including phenoxy) is 2. The fourth-order valence-electron chi connectivity index (χ4n) is 10.4. The van der Waals surface area contributed by atoms with E-state index >= 15 is 0 Å². The molecule has 0 saturated carbocycles. The molecule has 0 aromatic carbocycles. The Hall–Kier alpha value is -0.320. The summed E-state index contributed by atoms with van der Waals surface area (Å²) in [6.07, 6.45) is -43.7. The molecular weight excluding hydrogens is 1570 g/mol. The van der Waals surface area contributed by atoms with E-state index in [0.717, 1.165) is 14.2 Å². The maximum atomic E-state index is 11.0. The summed E-state index contributed by atoms with van der Waals surface area (Å²) in [6.45, 7) is -5.80. The SMILES string of the molecule is CO[C@H](C[S+]1C[C@@H](O)[C@H](O)[C@H]1CO)[C@@H](OS(=O)(=O)[O-])[C@H](O)[C@H](O)CO.CO[C@H](C[S+]1C[C@@H](O)[C@H](O)[C@H]1CO)[C@@H](OS(=O)(=O)[O-])[C@H](O)[C@H](O)[C@@H](O)CO.O=S(=O)([O-])O[C@@H]([C@H](O)[C@H](O)CO)[C@H](O)C[S+]1C[C@@H](O)[C@H](O)[C@H]1CO.O=S(=O)([O-])O[C@@H]([C@H](O)[C@H](O)[C@@H](O)CO)[C@H](O)C[S+]1C[C@@H](O)[C@H](O)[C@H]1CO. The van der Waals surface area contributed by atoms with Gasteiger partial charge in [0.1, 0.15) is 205 Å². The van der Waals surface area contributed by atoms with Gasteiger partial charge in [0.05, 0.1) is 52.9 Å². The summed E-state index contributed by atoms with van der Waals surface area (Å²) >= 11 is 0. The maximum absolute atomic E-state index is 11.0. The lowest BCUT2D eigenvalue weighted by atomic mass is 10.00. The fraction of sp³-hybridized carbons (Fsp3) is 1.00. The van der Waals surface area contributed by atoms with Gasteiger partial charge in [-0.3, -0.25) is 16.7 Å². The average molecular weight is 1670 g/mol. The third-order valence-electron chi connectivity index (χ3n) is 16.0. The maximum Gasteiger partial charge on any atom is 0.218 e. The molecule has 612 valence electrons. The van der Waals surface area contributed by atoms with Crippen molar-refractivity contribution in [1.29, 1.82) is 0 Å². The third-order valence-corrected chi connectivity index (χ3v) is 29.1. The Kier molecular flexibility index (Phi) is 44.8. The molecule has 46 nitrogen and oxygen atoms in total. The zero-order valence-corrected chi connectivity index (χ0v) is 60.3. The summed E-state index contributed by atoms with van der Waals surface area (Å²) in [5.74, 6) is -0.743. The predicted octanol–water partition coefficient (Wildman–Crippen LogP) is -21.5. The van der Waals surface area contributed by atoms with Gasteiger partial charge in [0, 0.05) is 57.8 Å². The van der Waals surface area contributed by atoms with Crippen molar-refractivity contribution in [2.24, 2.45) is 0 Å². The highest BCUT2D eigenvalue weighted by Gasteiger charge is 2.56. The van der Waals surface area contributed by atoms with Crippen molar-refractivity contribution in [2.75, 3.05) is 113 Å². The molecule has 34 atom stereocenters. The molecule has 0 aliphatic carbocycles. The van der Waals surface area contributed by atoms with E-state index in [-0.39, 0.29) is 46.0 Å². The molecule has 102 heavy (non-hydrogen) atoms. The van der Waals surface area contributed by atoms with Crippen LogP contribution < -0.4 is 0 Å². The first-order chi connectivity index (χ1) is 46.9. The summed E-state index contributed by atoms with van der Waals surface area (Å²) in [4.78, 5) is 0. The van der Waals surface area contributed by atoms with Crippen LogP contribution in [-0.4, -0.2) is 488 Å². The molecule has 0 spiro atoms. The summed E-state index contributed by atoms with van der Waals surface area (Å²) in [5, 5.41) is 265. The van der Waals surface area contributed by atoms with E-state index in [4.69, 9.17) is 29.9 Å². The number of rotatable bonds is 40. The van der Waals surface area contributed by atoms with Gasteiger partial charge in [0.15, 0.2) is 21.0 Å². The lowest BCUT2D eigenvalue weighted by Gasteiger charge is -2.33. The van der Waals surface area contributed by atoms with Crippen LogP contribution in [0.5, 0.6) is 0 Å². The molecule has 0 radical (unpaired) electrons. The summed E-state index contributed by atoms with van der Waals surface area (Å²) < 4.78 is 158. The number of hydrogen-bond acceptors (Lipinski definition) is 46. The van der Waals surface area contributed by atoms with Gasteiger partial charge in [-0.2, -0.15) is 0 Å². The van der Waals surface area contributed by atoms with E-state index < -0.39 is 318 Å². The van der Waals surface area contributed by atoms with Crippen molar-refractivity contribution in [3.8, 4) is 0 Å². The highest BCUT2D eigenvalue weighted by Crippen LogP contribution is 2.32. The van der Waals surface area contributed by atoms with Gasteiger partial charge < -0.3 is 171 Å². The van der Waals surface area contributed by atoms with Crippen LogP contribution in [0.3, 0.4) is 0 Å². The topological polar surface area (TPSA) is 851 Å². The van der Waals surface area contributed by atoms with Gasteiger partial charge in [-0.05, 0) is 0 Å². The number of hydrogen-bond donors (Lipinski definition) is 28. The minimum absolute atomic E-state index is 0.0128. The minimum atomic E-state index is -5.42. The largest absolute Gasteiger partial charge is 0.726 e. The molecule has 0 amide bonds. The standard InChI is InChI=1S/C13H26O12S2.C12H24O12S2.C12H24O11S2.C11H22O11S2/c1-24-8(5-26-4-7(17)10(18)9(26)3-15)13(25-27(21,22)23)12(20)11(19)6(16)2-14;13-1-5(15)10(19)11(20)12(24-26(21,22)23)7(17)4-25-3-6(16)9(18)8(25)2-14;1-22-8(5-24-4-7(16)10(17)9(24)3-14)12(23-25(19,20)21)11(18)6(15)2-13;12-1-5(14)10(18)11(22-24(19,20)21)7(16)4-23-3-6(15)9(17)8(23)2-13/h6-20H,2-5H2,1H3;5-20H,1-4H2;6-18H,2-5H2,1H3;5-18H,1-4H2/t6-,7+,8+,9+,10-,11+,12+,13+,26?;5-,6+,7+,8+,9-,10+,11+,12+,25?;6-,7-,8-,9-,10+,11-,12-,24?;5-,6-,7-,8-,9+,10-,11-,23?/m0011/s1. The first-order valence-electron chi connectivity index (χ1n) is 29.7. The second kappa shape index (κ2) is 45.9. The van der Waals surface area contributed by atoms with Crippen molar-refractivity contribution < 1.29 is 221 Å². The Morgan fingerprint density at radius 3 is 0.735 bits per heavy atom. The zero-order chi connectivity index (χ0) is 79.2. The van der Waals surface area contributed by atoms with E-state index in [1.54, 1.807) is 0 Å². The van der Waals surface area contributed by atoms with Crippen molar-refractivity contribution in [3.63, 3.8) is 0 Å². The summed E-state index contributed by atoms with van der Waals surface area (Å²) in [5.41, 5.74) is 0. The predicted molar refractivity (Wildman–Crippen MR) is 340 cm³/mol. The number of aliphatic hydroxyl groups is 28. The Morgan fingerprint density at radius 1 is 0.314 bits per heavy atom. The van der Waals surface area contributed by atoms with Crippen LogP contribution in [0, 0.1) is 0 Å². The summed E-state index contributed by atoms with van der Waals surface area (Å²) in [7, 11) is -22.9. The smallest absolute Gasteiger partial charge is 0.218 e. The molecule has 0 bridgehead atoms. The Bertz CT molecular complexity index is 2800. The number of aliphatic hydroxyl groups excluding tert-OH is 28. The van der Waals surface area contributed by atoms with E-state index in [1.165, 1.54) is 0 Å². The van der Waals surface area contributed by atoms with Crippen molar-refractivity contribution in [2.45, 2.75) is 180 Å². The average Bonchev–Trinajstić information content (AvgIpc) is 1.61. The lowest BCUT2D eigenvalue weighted by Crippen LogP contribution is -2.54. The molecule has 4 unspecified atom stereocenters.